The molecule has 0 aliphatic rings. The summed E-state index contributed by atoms with van der Waals surface area (Å²) in [5.74, 6) is 0.0699. The van der Waals surface area contributed by atoms with E-state index in [1.165, 1.54) is 11.3 Å². The first-order valence-corrected chi connectivity index (χ1v) is 10.7. The molecule has 29 heavy (non-hydrogen) atoms. The van der Waals surface area contributed by atoms with Gasteiger partial charge in [-0.1, -0.05) is 83.6 Å². The van der Waals surface area contributed by atoms with Crippen molar-refractivity contribution in [3.8, 4) is 0 Å². The monoisotopic (exact) mass is 420 g/mol. The SMILES string of the molecule is Cc1cc(Cl)cc2sc(N(Cc3ccccc3)C(=O)CCc3ccccc3)nc12. The molecule has 1 amide bonds. The van der Waals surface area contributed by atoms with Crippen LogP contribution in [0, 0.1) is 6.92 Å². The highest BCUT2D eigenvalue weighted by Gasteiger charge is 2.21. The fraction of sp³-hybridized carbons (Fsp3) is 0.167. The van der Waals surface area contributed by atoms with Gasteiger partial charge in [0.25, 0.3) is 0 Å². The average molecular weight is 421 g/mol. The zero-order valence-corrected chi connectivity index (χ0v) is 17.7. The van der Waals surface area contributed by atoms with Gasteiger partial charge in [0.15, 0.2) is 5.13 Å². The van der Waals surface area contributed by atoms with Gasteiger partial charge in [0.2, 0.25) is 5.91 Å². The Morgan fingerprint density at radius 1 is 1.00 bits per heavy atom. The van der Waals surface area contributed by atoms with Gasteiger partial charge in [-0.2, -0.15) is 0 Å². The minimum atomic E-state index is 0.0699. The molecule has 4 rings (SSSR count). The summed E-state index contributed by atoms with van der Waals surface area (Å²) in [6.07, 6.45) is 1.15. The molecule has 1 heterocycles. The molecule has 0 atom stereocenters. The van der Waals surface area contributed by atoms with Crippen molar-refractivity contribution in [1.82, 2.24) is 4.98 Å². The van der Waals surface area contributed by atoms with Crippen molar-refractivity contribution < 1.29 is 4.79 Å². The smallest absolute Gasteiger partial charge is 0.229 e. The van der Waals surface area contributed by atoms with Crippen LogP contribution in [0.3, 0.4) is 0 Å². The number of thiazole rings is 1. The Labute approximate surface area is 179 Å². The van der Waals surface area contributed by atoms with Crippen LogP contribution in [0.1, 0.15) is 23.1 Å². The lowest BCUT2D eigenvalue weighted by Crippen LogP contribution is -2.30. The van der Waals surface area contributed by atoms with Crippen molar-refractivity contribution in [3.63, 3.8) is 0 Å². The lowest BCUT2D eigenvalue weighted by molar-refractivity contribution is -0.118. The summed E-state index contributed by atoms with van der Waals surface area (Å²) in [6, 6.07) is 24.0. The van der Waals surface area contributed by atoms with Crippen LogP contribution in [0.4, 0.5) is 5.13 Å². The van der Waals surface area contributed by atoms with Crippen molar-refractivity contribution in [1.29, 1.82) is 0 Å². The molecule has 3 nitrogen and oxygen atoms in total. The van der Waals surface area contributed by atoms with E-state index in [-0.39, 0.29) is 5.91 Å². The van der Waals surface area contributed by atoms with Crippen molar-refractivity contribution in [2.75, 3.05) is 4.90 Å². The van der Waals surface area contributed by atoms with E-state index >= 15 is 0 Å². The predicted molar refractivity (Wildman–Crippen MR) is 122 cm³/mol. The van der Waals surface area contributed by atoms with Gasteiger partial charge < -0.3 is 0 Å². The number of amides is 1. The van der Waals surface area contributed by atoms with Crippen LogP contribution in [0.2, 0.25) is 5.02 Å². The van der Waals surface area contributed by atoms with Crippen LogP contribution >= 0.6 is 22.9 Å². The maximum absolute atomic E-state index is 13.2. The topological polar surface area (TPSA) is 33.2 Å². The molecule has 5 heteroatoms. The molecular weight excluding hydrogens is 400 g/mol. The summed E-state index contributed by atoms with van der Waals surface area (Å²) in [5.41, 5.74) is 4.16. The molecule has 0 fully saturated rings. The molecule has 0 spiro atoms. The molecule has 0 saturated carbocycles. The van der Waals surface area contributed by atoms with Crippen molar-refractivity contribution >= 4 is 44.2 Å². The standard InChI is InChI=1S/C24H21ClN2OS/c1-17-14-20(25)15-21-23(17)26-24(29-21)27(16-19-10-6-3-7-11-19)22(28)13-12-18-8-4-2-5-9-18/h2-11,14-15H,12-13,16H2,1H3. The number of carbonyl (C=O) groups is 1. The largest absolute Gasteiger partial charge is 0.284 e. The Morgan fingerprint density at radius 3 is 2.34 bits per heavy atom. The second-order valence-electron chi connectivity index (χ2n) is 7.02. The molecule has 0 bridgehead atoms. The van der Waals surface area contributed by atoms with Gasteiger partial charge in [-0.3, -0.25) is 9.69 Å². The van der Waals surface area contributed by atoms with E-state index in [4.69, 9.17) is 16.6 Å². The molecule has 146 valence electrons. The number of aryl methyl sites for hydroxylation is 2. The zero-order chi connectivity index (χ0) is 20.2. The molecule has 4 aromatic rings. The number of halogens is 1. The van der Waals surface area contributed by atoms with E-state index in [1.54, 1.807) is 4.90 Å². The van der Waals surface area contributed by atoms with Crippen LogP contribution in [0.5, 0.6) is 0 Å². The molecule has 1 aromatic heterocycles. The molecule has 0 unspecified atom stereocenters. The summed E-state index contributed by atoms with van der Waals surface area (Å²) in [7, 11) is 0. The lowest BCUT2D eigenvalue weighted by Gasteiger charge is -2.20. The third-order valence-electron chi connectivity index (χ3n) is 4.82. The maximum atomic E-state index is 13.2. The Bertz CT molecular complexity index is 1130. The summed E-state index contributed by atoms with van der Waals surface area (Å²) in [6.45, 7) is 2.50. The summed E-state index contributed by atoms with van der Waals surface area (Å²) < 4.78 is 0.999. The summed E-state index contributed by atoms with van der Waals surface area (Å²) in [5, 5.41) is 1.41. The quantitative estimate of drug-likeness (QED) is 0.360. The van der Waals surface area contributed by atoms with E-state index in [1.807, 2.05) is 67.6 Å². The third kappa shape index (κ3) is 4.66. The van der Waals surface area contributed by atoms with Gasteiger partial charge in [0.1, 0.15) is 0 Å². The Morgan fingerprint density at radius 2 is 1.66 bits per heavy atom. The zero-order valence-electron chi connectivity index (χ0n) is 16.1. The van der Waals surface area contributed by atoms with Gasteiger partial charge in [-0.05, 0) is 42.2 Å². The van der Waals surface area contributed by atoms with E-state index in [2.05, 4.69) is 12.1 Å². The van der Waals surface area contributed by atoms with Gasteiger partial charge in [-0.25, -0.2) is 4.98 Å². The normalized spacial score (nSPS) is 11.0. The van der Waals surface area contributed by atoms with Gasteiger partial charge >= 0.3 is 0 Å². The minimum Gasteiger partial charge on any atom is -0.284 e. The Hall–Kier alpha value is -2.69. The highest BCUT2D eigenvalue weighted by molar-refractivity contribution is 7.22. The van der Waals surface area contributed by atoms with Crippen LogP contribution in [-0.2, 0) is 17.8 Å². The number of fused-ring (bicyclic) bond motifs is 1. The molecule has 0 saturated heterocycles. The lowest BCUT2D eigenvalue weighted by atomic mass is 10.1. The highest BCUT2D eigenvalue weighted by Crippen LogP contribution is 2.34. The van der Waals surface area contributed by atoms with E-state index in [9.17, 15) is 4.79 Å². The fourth-order valence-corrected chi connectivity index (χ4v) is 4.75. The number of anilines is 1. The second kappa shape index (κ2) is 8.76. The summed E-state index contributed by atoms with van der Waals surface area (Å²) in [4.78, 5) is 19.8. The number of hydrogen-bond donors (Lipinski definition) is 0. The van der Waals surface area contributed by atoms with E-state index in [0.717, 1.165) is 26.9 Å². The van der Waals surface area contributed by atoms with Gasteiger partial charge in [0, 0.05) is 11.4 Å². The highest BCUT2D eigenvalue weighted by atomic mass is 35.5. The molecular formula is C24H21ClN2OS. The first-order valence-electron chi connectivity index (χ1n) is 9.55. The molecule has 0 aliphatic heterocycles. The molecule has 3 aromatic carbocycles. The number of hydrogen-bond acceptors (Lipinski definition) is 3. The van der Waals surface area contributed by atoms with Crippen molar-refractivity contribution in [2.24, 2.45) is 0 Å². The Balaban J connectivity index is 1.64. The van der Waals surface area contributed by atoms with Crippen molar-refractivity contribution in [2.45, 2.75) is 26.3 Å². The number of rotatable bonds is 6. The minimum absolute atomic E-state index is 0.0699. The van der Waals surface area contributed by atoms with E-state index < -0.39 is 0 Å². The van der Waals surface area contributed by atoms with E-state index in [0.29, 0.717) is 29.5 Å². The third-order valence-corrected chi connectivity index (χ3v) is 6.07. The maximum Gasteiger partial charge on any atom is 0.229 e. The number of aromatic nitrogens is 1. The fourth-order valence-electron chi connectivity index (χ4n) is 3.32. The first kappa shape index (κ1) is 19.6. The summed E-state index contributed by atoms with van der Waals surface area (Å²) >= 11 is 7.73. The number of carbonyl (C=O) groups excluding carboxylic acids is 1. The Kier molecular flexibility index (Phi) is 5.93. The van der Waals surface area contributed by atoms with Gasteiger partial charge in [0.05, 0.1) is 16.8 Å². The second-order valence-corrected chi connectivity index (χ2v) is 8.46. The van der Waals surface area contributed by atoms with Crippen LogP contribution < -0.4 is 4.90 Å². The van der Waals surface area contributed by atoms with Crippen molar-refractivity contribution in [3.05, 3.63) is 94.5 Å². The molecule has 0 N–H and O–H groups in total. The van der Waals surface area contributed by atoms with Crippen LogP contribution in [0.15, 0.2) is 72.8 Å². The predicted octanol–water partition coefficient (Wildman–Crippen LogP) is 6.42. The number of benzene rings is 3. The number of nitrogens with zero attached hydrogens (tertiary/aromatic N) is 2. The average Bonchev–Trinajstić information content (AvgIpc) is 3.16. The van der Waals surface area contributed by atoms with Crippen LogP contribution in [-0.4, -0.2) is 10.9 Å². The van der Waals surface area contributed by atoms with Crippen LogP contribution in [0.25, 0.3) is 10.2 Å². The molecule has 0 aliphatic carbocycles. The van der Waals surface area contributed by atoms with Gasteiger partial charge in [-0.15, -0.1) is 0 Å². The molecule has 0 radical (unpaired) electrons. The first-order chi connectivity index (χ1) is 14.1.